The number of nitriles is 1. The standard InChI is InChI=1S/C30H41N3O6S/c1-21(2)19-32(40(35,36)25-15-13-24(37-8)14-16-25)20-27-26(17-22-9-11-23(18-31)12-10-22)33(30(6,7)38-27)28(34)39-29(3,4)5/h9-16,21,26-27H,17,19-20H2,1-8H3/t26-,27+/m0/s1. The third kappa shape index (κ3) is 7.53. The Kier molecular flexibility index (Phi) is 9.55. The van der Waals surface area contributed by atoms with E-state index in [2.05, 4.69) is 6.07 Å². The van der Waals surface area contributed by atoms with Crippen LogP contribution in [-0.4, -0.2) is 67.4 Å². The fourth-order valence-electron chi connectivity index (χ4n) is 4.85. The van der Waals surface area contributed by atoms with Crippen molar-refractivity contribution in [3.8, 4) is 11.8 Å². The van der Waals surface area contributed by atoms with Crippen LogP contribution in [-0.2, 0) is 25.9 Å². The third-order valence-electron chi connectivity index (χ3n) is 6.55. The van der Waals surface area contributed by atoms with Gasteiger partial charge in [0.25, 0.3) is 0 Å². The van der Waals surface area contributed by atoms with Crippen LogP contribution in [0.3, 0.4) is 0 Å². The first-order valence-corrected chi connectivity index (χ1v) is 14.8. The molecule has 1 amide bonds. The molecule has 1 aliphatic heterocycles. The molecule has 0 unspecified atom stereocenters. The van der Waals surface area contributed by atoms with E-state index in [0.29, 0.717) is 17.7 Å². The quantitative estimate of drug-likeness (QED) is 0.407. The van der Waals surface area contributed by atoms with E-state index in [9.17, 15) is 18.5 Å². The molecule has 0 spiro atoms. The van der Waals surface area contributed by atoms with Crippen molar-refractivity contribution in [2.75, 3.05) is 20.2 Å². The van der Waals surface area contributed by atoms with Gasteiger partial charge in [0.1, 0.15) is 17.1 Å². The van der Waals surface area contributed by atoms with Gasteiger partial charge in [-0.1, -0.05) is 26.0 Å². The molecular weight excluding hydrogens is 530 g/mol. The molecule has 1 fully saturated rings. The predicted octanol–water partition coefficient (Wildman–Crippen LogP) is 5.20. The normalized spacial score (nSPS) is 19.1. The van der Waals surface area contributed by atoms with Crippen LogP contribution in [0, 0.1) is 17.2 Å². The molecule has 0 radical (unpaired) electrons. The fraction of sp³-hybridized carbons (Fsp3) is 0.533. The Labute approximate surface area is 238 Å². The number of rotatable bonds is 9. The van der Waals surface area contributed by atoms with E-state index in [1.165, 1.54) is 23.5 Å². The maximum atomic E-state index is 13.8. The summed E-state index contributed by atoms with van der Waals surface area (Å²) in [6.07, 6.45) is -0.797. The van der Waals surface area contributed by atoms with Gasteiger partial charge in [-0.2, -0.15) is 9.57 Å². The maximum absolute atomic E-state index is 13.8. The van der Waals surface area contributed by atoms with E-state index in [1.807, 2.05) is 26.0 Å². The van der Waals surface area contributed by atoms with Crippen LogP contribution in [0.5, 0.6) is 5.75 Å². The minimum atomic E-state index is -3.89. The Balaban J connectivity index is 2.02. The first-order chi connectivity index (χ1) is 18.6. The summed E-state index contributed by atoms with van der Waals surface area (Å²) in [7, 11) is -2.36. The molecule has 0 saturated carbocycles. The lowest BCUT2D eigenvalue weighted by Crippen LogP contribution is -2.52. The molecular formula is C30H41N3O6S. The Morgan fingerprint density at radius 1 is 1.12 bits per heavy atom. The zero-order chi connectivity index (χ0) is 29.9. The van der Waals surface area contributed by atoms with Crippen molar-refractivity contribution < 1.29 is 27.4 Å². The fourth-order valence-corrected chi connectivity index (χ4v) is 6.47. The summed E-state index contributed by atoms with van der Waals surface area (Å²) in [5, 5.41) is 9.21. The lowest BCUT2D eigenvalue weighted by molar-refractivity contribution is -0.0806. The first kappa shape index (κ1) is 31.4. The third-order valence-corrected chi connectivity index (χ3v) is 8.39. The number of amides is 1. The van der Waals surface area contributed by atoms with Crippen molar-refractivity contribution >= 4 is 16.1 Å². The number of nitrogens with zero attached hydrogens (tertiary/aromatic N) is 3. The Morgan fingerprint density at radius 2 is 1.73 bits per heavy atom. The Morgan fingerprint density at radius 3 is 2.23 bits per heavy atom. The van der Waals surface area contributed by atoms with Gasteiger partial charge in [0.15, 0.2) is 0 Å². The summed E-state index contributed by atoms with van der Waals surface area (Å²) in [4.78, 5) is 15.2. The smallest absolute Gasteiger partial charge is 0.412 e. The first-order valence-electron chi connectivity index (χ1n) is 13.4. The van der Waals surface area contributed by atoms with Gasteiger partial charge in [-0.25, -0.2) is 13.2 Å². The number of benzene rings is 2. The molecule has 0 N–H and O–H groups in total. The maximum Gasteiger partial charge on any atom is 0.412 e. The van der Waals surface area contributed by atoms with Gasteiger partial charge in [0, 0.05) is 13.1 Å². The van der Waals surface area contributed by atoms with E-state index < -0.39 is 39.6 Å². The molecule has 1 heterocycles. The van der Waals surface area contributed by atoms with Gasteiger partial charge < -0.3 is 14.2 Å². The van der Waals surface area contributed by atoms with Gasteiger partial charge in [0.05, 0.1) is 35.8 Å². The number of ether oxygens (including phenoxy) is 3. The Hall–Kier alpha value is -3.13. The molecule has 1 aliphatic rings. The summed E-state index contributed by atoms with van der Waals surface area (Å²) >= 11 is 0. The van der Waals surface area contributed by atoms with Crippen LogP contribution in [0.25, 0.3) is 0 Å². The minimum absolute atomic E-state index is 0.0379. The van der Waals surface area contributed by atoms with Crippen molar-refractivity contribution in [3.05, 3.63) is 59.7 Å². The molecule has 3 rings (SSSR count). The van der Waals surface area contributed by atoms with Crippen LogP contribution in [0.15, 0.2) is 53.4 Å². The molecule has 0 bridgehead atoms. The average molecular weight is 572 g/mol. The molecule has 2 aromatic rings. The number of carbonyl (C=O) groups excluding carboxylic acids is 1. The molecule has 0 aliphatic carbocycles. The van der Waals surface area contributed by atoms with E-state index in [4.69, 9.17) is 14.2 Å². The second kappa shape index (κ2) is 12.2. The summed E-state index contributed by atoms with van der Waals surface area (Å²) < 4.78 is 46.5. The monoisotopic (exact) mass is 571 g/mol. The Bertz CT molecular complexity index is 1310. The topological polar surface area (TPSA) is 109 Å². The lowest BCUT2D eigenvalue weighted by Gasteiger charge is -2.35. The van der Waals surface area contributed by atoms with Crippen molar-refractivity contribution in [1.82, 2.24) is 9.21 Å². The van der Waals surface area contributed by atoms with Crippen molar-refractivity contribution in [2.24, 2.45) is 5.92 Å². The van der Waals surface area contributed by atoms with Crippen LogP contribution in [0.1, 0.15) is 59.6 Å². The number of hydrogen-bond donors (Lipinski definition) is 0. The highest BCUT2D eigenvalue weighted by Gasteiger charge is 2.52. The summed E-state index contributed by atoms with van der Waals surface area (Å²) in [6.45, 7) is 13.2. The van der Waals surface area contributed by atoms with Gasteiger partial charge in [-0.15, -0.1) is 0 Å². The van der Waals surface area contributed by atoms with Gasteiger partial charge in [-0.05, 0) is 88.9 Å². The minimum Gasteiger partial charge on any atom is -0.497 e. The van der Waals surface area contributed by atoms with E-state index in [0.717, 1.165) is 5.56 Å². The van der Waals surface area contributed by atoms with E-state index in [-0.39, 0.29) is 23.9 Å². The van der Waals surface area contributed by atoms with Gasteiger partial charge >= 0.3 is 6.09 Å². The highest BCUT2D eigenvalue weighted by atomic mass is 32.2. The number of sulfonamides is 1. The lowest BCUT2D eigenvalue weighted by atomic mass is 9.99. The molecule has 0 aromatic heterocycles. The zero-order valence-electron chi connectivity index (χ0n) is 24.7. The molecule has 218 valence electrons. The highest BCUT2D eigenvalue weighted by Crippen LogP contribution is 2.37. The second-order valence-electron chi connectivity index (χ2n) is 11.9. The van der Waals surface area contributed by atoms with Crippen molar-refractivity contribution in [1.29, 1.82) is 5.26 Å². The largest absolute Gasteiger partial charge is 0.497 e. The summed E-state index contributed by atoms with van der Waals surface area (Å²) in [6, 6.07) is 15.0. The second-order valence-corrected chi connectivity index (χ2v) is 13.9. The SMILES string of the molecule is COc1ccc(S(=O)(=O)N(CC(C)C)C[C@H]2OC(C)(C)N(C(=O)OC(C)(C)C)[C@H]2Cc2ccc(C#N)cc2)cc1. The van der Waals surface area contributed by atoms with Crippen molar-refractivity contribution in [2.45, 2.75) is 83.3 Å². The molecule has 2 atom stereocenters. The highest BCUT2D eigenvalue weighted by molar-refractivity contribution is 7.89. The van der Waals surface area contributed by atoms with Gasteiger partial charge in [0.2, 0.25) is 10.0 Å². The molecule has 1 saturated heterocycles. The predicted molar refractivity (Wildman–Crippen MR) is 152 cm³/mol. The molecule has 9 nitrogen and oxygen atoms in total. The molecule has 40 heavy (non-hydrogen) atoms. The van der Waals surface area contributed by atoms with E-state index in [1.54, 1.807) is 63.8 Å². The zero-order valence-corrected chi connectivity index (χ0v) is 25.5. The number of carbonyl (C=O) groups is 1. The average Bonchev–Trinajstić information content (AvgIpc) is 3.11. The number of methoxy groups -OCH3 is 1. The molecule has 2 aromatic carbocycles. The van der Waals surface area contributed by atoms with Crippen LogP contribution in [0.4, 0.5) is 4.79 Å². The van der Waals surface area contributed by atoms with E-state index >= 15 is 0 Å². The van der Waals surface area contributed by atoms with Crippen LogP contribution >= 0.6 is 0 Å². The van der Waals surface area contributed by atoms with Gasteiger partial charge in [-0.3, -0.25) is 4.90 Å². The van der Waals surface area contributed by atoms with Crippen molar-refractivity contribution in [3.63, 3.8) is 0 Å². The van der Waals surface area contributed by atoms with Crippen LogP contribution in [0.2, 0.25) is 0 Å². The van der Waals surface area contributed by atoms with Crippen LogP contribution < -0.4 is 4.74 Å². The summed E-state index contributed by atoms with van der Waals surface area (Å²) in [5.41, 5.74) is -0.373. The molecule has 10 heteroatoms. The summed E-state index contributed by atoms with van der Waals surface area (Å²) in [5.74, 6) is 0.604. The number of hydrogen-bond acceptors (Lipinski definition) is 7.